The second kappa shape index (κ2) is 11.7. The van der Waals surface area contributed by atoms with Gasteiger partial charge in [-0.05, 0) is 36.6 Å². The van der Waals surface area contributed by atoms with Crippen molar-refractivity contribution in [3.8, 4) is 5.75 Å². The minimum atomic E-state index is -2.87. The van der Waals surface area contributed by atoms with Gasteiger partial charge < -0.3 is 20.7 Å². The highest BCUT2D eigenvalue weighted by Gasteiger charge is 2.26. The third-order valence-corrected chi connectivity index (χ3v) is 4.65. The van der Waals surface area contributed by atoms with Gasteiger partial charge in [-0.2, -0.15) is 8.78 Å². The fraction of sp³-hybridized carbons (Fsp3) is 0.350. The number of anilines is 2. The lowest BCUT2D eigenvalue weighted by Crippen LogP contribution is -2.37. The Hall–Kier alpha value is -2.25. The largest absolute Gasteiger partial charge is 0.433 e. The Morgan fingerprint density at radius 3 is 2.59 bits per heavy atom. The third-order valence-electron chi connectivity index (χ3n) is 4.65. The highest BCUT2D eigenvalue weighted by molar-refractivity contribution is 5.85. The summed E-state index contributed by atoms with van der Waals surface area (Å²) in [5, 5.41) is 3.02. The van der Waals surface area contributed by atoms with Crippen molar-refractivity contribution in [1.82, 2.24) is 5.32 Å². The average Bonchev–Trinajstić information content (AvgIpc) is 3.09. The molecular weight excluding hydrogens is 423 g/mol. The number of nitrogens with one attached hydrogen (secondary N) is 1. The summed E-state index contributed by atoms with van der Waals surface area (Å²) in [6.07, 6.45) is 1.69. The number of nitrogens with two attached hydrogens (primary N) is 1. The second-order valence-corrected chi connectivity index (χ2v) is 6.54. The molecule has 1 unspecified atom stereocenters. The van der Waals surface area contributed by atoms with Gasteiger partial charge in [-0.25, -0.2) is 0 Å². The first kappa shape index (κ1) is 24.8. The molecule has 2 aromatic carbocycles. The third kappa shape index (κ3) is 6.94. The van der Waals surface area contributed by atoms with Gasteiger partial charge in [0.1, 0.15) is 5.75 Å². The summed E-state index contributed by atoms with van der Waals surface area (Å²) in [5.41, 5.74) is 8.16. The summed E-state index contributed by atoms with van der Waals surface area (Å²) < 4.78 is 29.8. The maximum Gasteiger partial charge on any atom is 0.387 e. The molecule has 1 heterocycles. The summed E-state index contributed by atoms with van der Waals surface area (Å²) in [7, 11) is 0. The van der Waals surface area contributed by atoms with E-state index >= 15 is 0 Å². The van der Waals surface area contributed by atoms with Gasteiger partial charge in [0.15, 0.2) is 0 Å². The van der Waals surface area contributed by atoms with Gasteiger partial charge in [0.05, 0.1) is 5.69 Å². The lowest BCUT2D eigenvalue weighted by Gasteiger charge is -2.22. The van der Waals surface area contributed by atoms with E-state index in [1.54, 1.807) is 18.2 Å². The van der Waals surface area contributed by atoms with Gasteiger partial charge in [0, 0.05) is 31.2 Å². The van der Waals surface area contributed by atoms with Crippen LogP contribution in [0.3, 0.4) is 0 Å². The van der Waals surface area contributed by atoms with Crippen molar-refractivity contribution in [3.05, 3.63) is 54.1 Å². The Balaban J connectivity index is 0.00000210. The Morgan fingerprint density at radius 2 is 1.86 bits per heavy atom. The second-order valence-electron chi connectivity index (χ2n) is 6.54. The molecule has 0 bridgehead atoms. The number of para-hydroxylation sites is 3. The Kier molecular flexibility index (Phi) is 9.98. The Morgan fingerprint density at radius 1 is 1.17 bits per heavy atom. The lowest BCUT2D eigenvalue weighted by atomic mass is 10.1. The number of amides is 1. The highest BCUT2D eigenvalue weighted by Crippen LogP contribution is 2.31. The average molecular weight is 448 g/mol. The van der Waals surface area contributed by atoms with Crippen molar-refractivity contribution in [1.29, 1.82) is 0 Å². The number of carbonyl (C=O) groups excluding carboxylic acids is 1. The summed E-state index contributed by atoms with van der Waals surface area (Å²) >= 11 is 0. The molecule has 2 aromatic rings. The molecule has 1 fully saturated rings. The summed E-state index contributed by atoms with van der Waals surface area (Å²) in [6, 6.07) is 14.2. The molecule has 3 rings (SSSR count). The minimum absolute atomic E-state index is 0. The van der Waals surface area contributed by atoms with E-state index in [0.717, 1.165) is 12.0 Å². The van der Waals surface area contributed by atoms with Crippen LogP contribution in [0.5, 0.6) is 5.75 Å². The number of halogens is 4. The molecule has 1 saturated heterocycles. The van der Waals surface area contributed by atoms with Crippen molar-refractivity contribution in [2.75, 3.05) is 23.7 Å². The smallest absolute Gasteiger partial charge is 0.387 e. The lowest BCUT2D eigenvalue weighted by molar-refractivity contribution is -0.121. The predicted molar refractivity (Wildman–Crippen MR) is 116 cm³/mol. The molecule has 0 aliphatic carbocycles. The van der Waals surface area contributed by atoms with Crippen LogP contribution >= 0.6 is 24.8 Å². The number of ether oxygens (including phenoxy) is 1. The van der Waals surface area contributed by atoms with Crippen LogP contribution in [0.15, 0.2) is 48.5 Å². The van der Waals surface area contributed by atoms with Crippen molar-refractivity contribution in [2.45, 2.75) is 31.9 Å². The van der Waals surface area contributed by atoms with Crippen LogP contribution in [0.4, 0.5) is 20.2 Å². The first-order valence-electron chi connectivity index (χ1n) is 8.94. The Labute approximate surface area is 181 Å². The van der Waals surface area contributed by atoms with Gasteiger partial charge in [-0.1, -0.05) is 30.3 Å². The number of rotatable bonds is 7. The molecule has 0 radical (unpaired) electrons. The van der Waals surface area contributed by atoms with Crippen molar-refractivity contribution < 1.29 is 18.3 Å². The molecule has 1 aliphatic rings. The van der Waals surface area contributed by atoms with Crippen LogP contribution in [0.25, 0.3) is 0 Å². The molecule has 9 heteroatoms. The fourth-order valence-corrected chi connectivity index (χ4v) is 3.32. The van der Waals surface area contributed by atoms with Gasteiger partial charge in [0.25, 0.3) is 0 Å². The van der Waals surface area contributed by atoms with Crippen molar-refractivity contribution in [2.24, 2.45) is 0 Å². The summed E-state index contributed by atoms with van der Waals surface area (Å²) in [4.78, 5) is 14.2. The van der Waals surface area contributed by atoms with E-state index in [2.05, 4.69) is 10.1 Å². The van der Waals surface area contributed by atoms with Crippen LogP contribution in [0.2, 0.25) is 0 Å². The van der Waals surface area contributed by atoms with E-state index in [9.17, 15) is 13.6 Å². The normalized spacial score (nSPS) is 15.4. The zero-order chi connectivity index (χ0) is 19.2. The number of benzene rings is 2. The SMILES string of the molecule is Cl.Cl.Nc1ccccc1CCC(=O)NC1CCN(c2ccccc2OC(F)F)C1. The predicted octanol–water partition coefficient (Wildman–Crippen LogP) is 4.04. The number of hydrogen-bond donors (Lipinski definition) is 2. The number of aryl methyl sites for hydroxylation is 1. The number of hydrogen-bond acceptors (Lipinski definition) is 4. The quantitative estimate of drug-likeness (QED) is 0.628. The maximum atomic E-state index is 12.6. The molecule has 29 heavy (non-hydrogen) atoms. The monoisotopic (exact) mass is 447 g/mol. The molecule has 5 nitrogen and oxygen atoms in total. The van der Waals surface area contributed by atoms with Crippen molar-refractivity contribution in [3.63, 3.8) is 0 Å². The van der Waals surface area contributed by atoms with Crippen LogP contribution in [-0.2, 0) is 11.2 Å². The number of carbonyl (C=O) groups is 1. The molecular formula is C20H25Cl2F2N3O2. The van der Waals surface area contributed by atoms with Crippen LogP contribution in [0.1, 0.15) is 18.4 Å². The first-order chi connectivity index (χ1) is 13.0. The number of alkyl halides is 2. The van der Waals surface area contributed by atoms with E-state index in [4.69, 9.17) is 5.73 Å². The first-order valence-corrected chi connectivity index (χ1v) is 8.94. The molecule has 3 N–H and O–H groups in total. The van der Waals surface area contributed by atoms with E-state index < -0.39 is 6.61 Å². The maximum absolute atomic E-state index is 12.6. The van der Waals surface area contributed by atoms with E-state index in [0.29, 0.717) is 37.3 Å². The van der Waals surface area contributed by atoms with Gasteiger partial charge in [-0.15, -0.1) is 24.8 Å². The topological polar surface area (TPSA) is 67.6 Å². The summed E-state index contributed by atoms with van der Waals surface area (Å²) in [6.45, 7) is -1.64. The highest BCUT2D eigenvalue weighted by atomic mass is 35.5. The zero-order valence-electron chi connectivity index (χ0n) is 15.7. The zero-order valence-corrected chi connectivity index (χ0v) is 17.4. The van der Waals surface area contributed by atoms with Gasteiger partial charge in [0.2, 0.25) is 5.91 Å². The van der Waals surface area contributed by atoms with Crippen molar-refractivity contribution >= 4 is 42.1 Å². The molecule has 1 amide bonds. The molecule has 0 aromatic heterocycles. The molecule has 1 aliphatic heterocycles. The minimum Gasteiger partial charge on any atom is -0.433 e. The van der Waals surface area contributed by atoms with Crippen LogP contribution < -0.4 is 20.7 Å². The molecule has 160 valence electrons. The van der Waals surface area contributed by atoms with Gasteiger partial charge in [-0.3, -0.25) is 4.79 Å². The van der Waals surface area contributed by atoms with Crippen LogP contribution in [-0.4, -0.2) is 31.7 Å². The molecule has 0 saturated carbocycles. The molecule has 1 atom stereocenters. The van der Waals surface area contributed by atoms with E-state index in [-0.39, 0.29) is 42.5 Å². The van der Waals surface area contributed by atoms with Crippen LogP contribution in [0, 0.1) is 0 Å². The standard InChI is InChI=1S/C20H23F2N3O2.2ClH/c21-20(22)27-18-8-4-3-7-17(18)25-12-11-15(13-25)24-19(26)10-9-14-5-1-2-6-16(14)23;;/h1-8,15,20H,9-13,23H2,(H,24,26);2*1H. The van der Waals surface area contributed by atoms with Gasteiger partial charge >= 0.3 is 6.61 Å². The number of nitrogens with zero attached hydrogens (tertiary/aromatic N) is 1. The van der Waals surface area contributed by atoms with E-state index in [1.807, 2.05) is 29.2 Å². The molecule has 0 spiro atoms. The fourth-order valence-electron chi connectivity index (χ4n) is 3.32. The summed E-state index contributed by atoms with van der Waals surface area (Å²) in [5.74, 6) is 0.112. The Bertz CT molecular complexity index is 796. The number of nitrogen functional groups attached to an aromatic ring is 1. The van der Waals surface area contributed by atoms with E-state index in [1.165, 1.54) is 6.07 Å².